The number of nitrogens with zero attached hydrogens (tertiary/aromatic N) is 11. The third-order valence-electron chi connectivity index (χ3n) is 21.4. The number of hydrogen-bond acceptors (Lipinski definition) is 7. The quantitative estimate of drug-likeness (QED) is 0.120. The summed E-state index contributed by atoms with van der Waals surface area (Å²) in [6.07, 6.45) is 3.77. The Kier molecular flexibility index (Phi) is 15.9. The molecule has 0 fully saturated rings. The molecule has 0 atom stereocenters. The van der Waals surface area contributed by atoms with Gasteiger partial charge in [-0.2, -0.15) is 0 Å². The summed E-state index contributed by atoms with van der Waals surface area (Å²) < 4.78 is 9.36. The number of aromatic nitrogens is 11. The number of benzene rings is 14. The average molecular weight is 1430 g/mol. The van der Waals surface area contributed by atoms with Crippen molar-refractivity contribution in [2.45, 2.75) is 0 Å². The molecule has 0 amide bonds. The maximum absolute atomic E-state index is 5.14. The normalized spacial score (nSPS) is 11.6. The molecule has 22 rings (SSSR count). The Hall–Kier alpha value is -15.3. The van der Waals surface area contributed by atoms with Crippen LogP contribution in [0.15, 0.2) is 395 Å². The molecule has 0 saturated heterocycles. The predicted molar refractivity (Wildman–Crippen MR) is 458 cm³/mol. The first-order valence-electron chi connectivity index (χ1n) is 37.6. The number of hydrogen-bond donors (Lipinski definition) is 0. The Morgan fingerprint density at radius 2 is 0.500 bits per heavy atom. The highest BCUT2D eigenvalue weighted by atomic mass is 15.0. The third-order valence-corrected chi connectivity index (χ3v) is 21.4. The lowest BCUT2D eigenvalue weighted by molar-refractivity contribution is 1.07. The minimum Gasteiger partial charge on any atom is -0.309 e. The topological polar surface area (TPSA) is 110 Å². The molecule has 22 aromatic rings. The van der Waals surface area contributed by atoms with E-state index in [0.29, 0.717) is 23.3 Å². The van der Waals surface area contributed by atoms with Crippen molar-refractivity contribution < 1.29 is 0 Å². The number of pyridine rings is 2. The van der Waals surface area contributed by atoms with E-state index < -0.39 is 0 Å². The van der Waals surface area contributed by atoms with E-state index in [1.807, 2.05) is 122 Å². The summed E-state index contributed by atoms with van der Waals surface area (Å²) in [6.45, 7) is 0. The first-order valence-corrected chi connectivity index (χ1v) is 37.6. The third kappa shape index (κ3) is 11.3. The van der Waals surface area contributed by atoms with Gasteiger partial charge < -0.3 is 18.3 Å². The Bertz CT molecular complexity index is 6800. The van der Waals surface area contributed by atoms with Crippen molar-refractivity contribution >= 4 is 87.5 Å². The number of para-hydroxylation sites is 4. The average Bonchev–Trinajstić information content (AvgIpc) is 1.57. The zero-order valence-corrected chi connectivity index (χ0v) is 60.4. The summed E-state index contributed by atoms with van der Waals surface area (Å²) >= 11 is 0. The molecule has 0 spiro atoms. The molecule has 0 aliphatic heterocycles. The van der Waals surface area contributed by atoms with E-state index in [0.717, 1.165) is 145 Å². The Morgan fingerprint density at radius 1 is 0.179 bits per heavy atom. The summed E-state index contributed by atoms with van der Waals surface area (Å²) in [5.74, 6) is 2.60. The maximum Gasteiger partial charge on any atom is 0.164 e. The monoisotopic (exact) mass is 1430 g/mol. The smallest absolute Gasteiger partial charge is 0.164 e. The highest BCUT2D eigenvalue weighted by molar-refractivity contribution is 6.19. The zero-order chi connectivity index (χ0) is 74.0. The number of rotatable bonds is 12. The van der Waals surface area contributed by atoms with Crippen molar-refractivity contribution in [1.29, 1.82) is 0 Å². The lowest BCUT2D eigenvalue weighted by Crippen LogP contribution is -2.01. The first-order chi connectivity index (χ1) is 55.6. The van der Waals surface area contributed by atoms with Crippen LogP contribution in [0.4, 0.5) is 0 Å². The van der Waals surface area contributed by atoms with E-state index >= 15 is 0 Å². The zero-order valence-electron chi connectivity index (χ0n) is 60.4. The second-order valence-electron chi connectivity index (χ2n) is 28.0. The molecule has 112 heavy (non-hydrogen) atoms. The largest absolute Gasteiger partial charge is 0.309 e. The van der Waals surface area contributed by atoms with Crippen molar-refractivity contribution in [1.82, 2.24) is 53.2 Å². The van der Waals surface area contributed by atoms with Gasteiger partial charge in [-0.05, 0) is 150 Å². The highest BCUT2D eigenvalue weighted by Crippen LogP contribution is 2.45. The van der Waals surface area contributed by atoms with Gasteiger partial charge in [-0.25, -0.2) is 24.9 Å². The lowest BCUT2D eigenvalue weighted by atomic mass is 9.98. The van der Waals surface area contributed by atoms with E-state index in [1.54, 1.807) is 0 Å². The molecule has 11 nitrogen and oxygen atoms in total. The van der Waals surface area contributed by atoms with Crippen LogP contribution in [-0.4, -0.2) is 53.2 Å². The van der Waals surface area contributed by atoms with Crippen LogP contribution in [0, 0.1) is 0 Å². The van der Waals surface area contributed by atoms with Crippen molar-refractivity contribution in [2.24, 2.45) is 0 Å². The SMILES string of the molecule is c1ccc(-c2cc(-c3cccc(-n4c5ccccc5c5c(-c6ccc7c(c6)c6ncccc6n7-c6ccccc6)cccc54)c3)nc(-c3ccccc3)n2)cc1.c1ccc(-c2nc(-c3ccccc3)nc(-c3cccc(-n4c5ccccc5c5c(-c6ccc7c(c6)c6ncccc6n7-c6ccccc6)cccc54)c3)n2)cc1. The molecule has 0 saturated carbocycles. The maximum atomic E-state index is 5.14. The van der Waals surface area contributed by atoms with Crippen LogP contribution in [0.25, 0.3) is 201 Å². The van der Waals surface area contributed by atoms with Gasteiger partial charge in [-0.1, -0.05) is 255 Å². The lowest BCUT2D eigenvalue weighted by Gasteiger charge is -2.12. The van der Waals surface area contributed by atoms with Crippen LogP contribution >= 0.6 is 0 Å². The standard InChI is InChI=1S/C51H33N5.C50H32N6/c1-4-15-34(16-5-1)43-33-44(54-51(53-43)35-17-6-2-7-18-35)37-19-12-22-39(31-37)56-45-25-11-10-23-41(45)49-40(24-13-26-47(49)56)36-28-29-46-42(32-36)50-48(27-14-30-52-50)55(46)38-20-8-3-9-21-38;1-4-15-33(16-5-1)48-52-49(34-17-6-2-7-18-34)54-50(53-48)36-19-12-22-38(31-36)56-42-25-11-10-23-40(42)46-39(24-13-26-44(46)56)35-28-29-43-41(32-35)47-45(27-14-30-51-47)55(43)37-20-8-3-9-21-37/h1-33H;1-32H. The van der Waals surface area contributed by atoms with Crippen molar-refractivity contribution in [3.05, 3.63) is 395 Å². The molecule has 11 heteroatoms. The second kappa shape index (κ2) is 27.5. The van der Waals surface area contributed by atoms with Crippen molar-refractivity contribution in [3.63, 3.8) is 0 Å². The van der Waals surface area contributed by atoms with Crippen LogP contribution in [0.3, 0.4) is 0 Å². The van der Waals surface area contributed by atoms with Crippen molar-refractivity contribution in [2.75, 3.05) is 0 Å². The molecule has 0 radical (unpaired) electrons. The number of fused-ring (bicyclic) bond motifs is 12. The molecule has 0 bridgehead atoms. The molecule has 8 aromatic heterocycles. The van der Waals surface area contributed by atoms with E-state index in [9.17, 15) is 0 Å². The van der Waals surface area contributed by atoms with Crippen LogP contribution in [0.1, 0.15) is 0 Å². The fraction of sp³-hybridized carbons (Fsp3) is 0. The molecule has 524 valence electrons. The van der Waals surface area contributed by atoms with Gasteiger partial charge in [0.1, 0.15) is 0 Å². The van der Waals surface area contributed by atoms with Crippen LogP contribution in [-0.2, 0) is 0 Å². The summed E-state index contributed by atoms with van der Waals surface area (Å²) in [4.78, 5) is 34.9. The predicted octanol–water partition coefficient (Wildman–Crippen LogP) is 24.9. The van der Waals surface area contributed by atoms with Crippen molar-refractivity contribution in [3.8, 4) is 113 Å². The summed E-state index contributed by atoms with van der Waals surface area (Å²) in [5, 5.41) is 7.06. The highest BCUT2D eigenvalue weighted by Gasteiger charge is 2.24. The van der Waals surface area contributed by atoms with Gasteiger partial charge in [0.05, 0.1) is 66.6 Å². The Balaban J connectivity index is 0.000000141. The molecule has 0 aliphatic rings. The van der Waals surface area contributed by atoms with E-state index in [1.165, 1.54) is 32.7 Å². The molecule has 14 aromatic carbocycles. The minimum absolute atomic E-state index is 0.623. The van der Waals surface area contributed by atoms with Gasteiger partial charge in [0.25, 0.3) is 0 Å². The molecule has 0 N–H and O–H groups in total. The molecule has 0 unspecified atom stereocenters. The van der Waals surface area contributed by atoms with Gasteiger partial charge in [-0.3, -0.25) is 9.97 Å². The fourth-order valence-corrected chi connectivity index (χ4v) is 16.4. The fourth-order valence-electron chi connectivity index (χ4n) is 16.4. The van der Waals surface area contributed by atoms with E-state index in [2.05, 4.69) is 291 Å². The van der Waals surface area contributed by atoms with Crippen LogP contribution in [0.2, 0.25) is 0 Å². The Labute approximate surface area is 644 Å². The van der Waals surface area contributed by atoms with Gasteiger partial charge in [0, 0.05) is 101 Å². The van der Waals surface area contributed by atoms with Crippen LogP contribution in [0.5, 0.6) is 0 Å². The molecular weight excluding hydrogens is 1370 g/mol. The molecule has 0 aliphatic carbocycles. The Morgan fingerprint density at radius 3 is 0.964 bits per heavy atom. The van der Waals surface area contributed by atoms with E-state index in [4.69, 9.17) is 34.9 Å². The molecule has 8 heterocycles. The summed E-state index contributed by atoms with van der Waals surface area (Å²) in [7, 11) is 0. The second-order valence-corrected chi connectivity index (χ2v) is 28.0. The van der Waals surface area contributed by atoms with Gasteiger partial charge in [0.15, 0.2) is 23.3 Å². The molecular formula is C101H65N11. The van der Waals surface area contributed by atoms with Gasteiger partial charge in [-0.15, -0.1) is 0 Å². The minimum atomic E-state index is 0.623. The van der Waals surface area contributed by atoms with E-state index in [-0.39, 0.29) is 0 Å². The summed E-state index contributed by atoms with van der Waals surface area (Å²) in [5.41, 5.74) is 27.6. The first kappa shape index (κ1) is 65.0. The van der Waals surface area contributed by atoms with Gasteiger partial charge in [0.2, 0.25) is 0 Å². The van der Waals surface area contributed by atoms with Gasteiger partial charge >= 0.3 is 0 Å². The summed E-state index contributed by atoms with van der Waals surface area (Å²) in [6, 6.07) is 134. The van der Waals surface area contributed by atoms with Crippen LogP contribution < -0.4 is 0 Å².